The molecule has 0 atom stereocenters. The van der Waals surface area contributed by atoms with Crippen LogP contribution in [0.5, 0.6) is 0 Å². The molecule has 3 rings (SSSR count). The maximum Gasteiger partial charge on any atom is 0.181 e. The summed E-state index contributed by atoms with van der Waals surface area (Å²) in [6, 6.07) is 14.8. The molecule has 0 saturated carbocycles. The zero-order chi connectivity index (χ0) is 14.3. The number of aryl methyl sites for hydroxylation is 1. The van der Waals surface area contributed by atoms with Crippen LogP contribution in [0.4, 0.5) is 0 Å². The van der Waals surface area contributed by atoms with E-state index in [1.807, 2.05) is 50.2 Å². The number of rotatable bonds is 2. The largest absolute Gasteiger partial charge is 0.293 e. The van der Waals surface area contributed by atoms with E-state index < -0.39 is 5.41 Å². The lowest BCUT2D eigenvalue weighted by Crippen LogP contribution is -2.37. The topological polar surface area (TPSA) is 34.1 Å². The minimum Gasteiger partial charge on any atom is -0.293 e. The zero-order valence-corrected chi connectivity index (χ0v) is 11.6. The van der Waals surface area contributed by atoms with Crippen molar-refractivity contribution >= 4 is 11.6 Å². The van der Waals surface area contributed by atoms with Crippen molar-refractivity contribution in [1.82, 2.24) is 0 Å². The monoisotopic (exact) mass is 264 g/mol. The highest BCUT2D eigenvalue weighted by Gasteiger charge is 2.52. The summed E-state index contributed by atoms with van der Waals surface area (Å²) in [5.74, 6) is -0.131. The fourth-order valence-electron chi connectivity index (χ4n) is 3.07. The van der Waals surface area contributed by atoms with Crippen molar-refractivity contribution in [1.29, 1.82) is 0 Å². The molecule has 0 aliphatic heterocycles. The van der Waals surface area contributed by atoms with Crippen molar-refractivity contribution < 1.29 is 9.59 Å². The Labute approximate surface area is 118 Å². The summed E-state index contributed by atoms with van der Waals surface area (Å²) < 4.78 is 0. The lowest BCUT2D eigenvalue weighted by Gasteiger charge is -2.24. The van der Waals surface area contributed by atoms with Gasteiger partial charge in [-0.15, -0.1) is 0 Å². The van der Waals surface area contributed by atoms with Gasteiger partial charge in [0.1, 0.15) is 5.41 Å². The Morgan fingerprint density at radius 3 is 1.80 bits per heavy atom. The quantitative estimate of drug-likeness (QED) is 0.775. The van der Waals surface area contributed by atoms with E-state index in [4.69, 9.17) is 0 Å². The SMILES string of the molecule is CCC1(c2ccc(C)cc2)C(=O)c2ccccc2C1=O. The summed E-state index contributed by atoms with van der Waals surface area (Å²) in [7, 11) is 0. The second-order valence-electron chi connectivity index (χ2n) is 5.33. The fraction of sp³-hybridized carbons (Fsp3) is 0.222. The normalized spacial score (nSPS) is 16.3. The van der Waals surface area contributed by atoms with E-state index >= 15 is 0 Å². The molecule has 2 heteroatoms. The predicted molar refractivity (Wildman–Crippen MR) is 78.3 cm³/mol. The Bertz CT molecular complexity index is 661. The van der Waals surface area contributed by atoms with Gasteiger partial charge in [0.25, 0.3) is 0 Å². The van der Waals surface area contributed by atoms with Gasteiger partial charge < -0.3 is 0 Å². The molecule has 2 aromatic rings. The summed E-state index contributed by atoms with van der Waals surface area (Å²) in [5, 5.41) is 0. The van der Waals surface area contributed by atoms with Gasteiger partial charge in [0.15, 0.2) is 11.6 Å². The number of carbonyl (C=O) groups excluding carboxylic acids is 2. The van der Waals surface area contributed by atoms with Gasteiger partial charge in [-0.2, -0.15) is 0 Å². The molecule has 100 valence electrons. The van der Waals surface area contributed by atoms with Crippen LogP contribution >= 0.6 is 0 Å². The summed E-state index contributed by atoms with van der Waals surface area (Å²) >= 11 is 0. The number of hydrogen-bond donors (Lipinski definition) is 0. The third kappa shape index (κ3) is 1.51. The van der Waals surface area contributed by atoms with Crippen LogP contribution < -0.4 is 0 Å². The van der Waals surface area contributed by atoms with Crippen LogP contribution in [0.1, 0.15) is 45.2 Å². The fourth-order valence-corrected chi connectivity index (χ4v) is 3.07. The van der Waals surface area contributed by atoms with Crippen LogP contribution in [-0.2, 0) is 5.41 Å². The molecule has 0 spiro atoms. The van der Waals surface area contributed by atoms with E-state index in [2.05, 4.69) is 0 Å². The molecular weight excluding hydrogens is 248 g/mol. The highest BCUT2D eigenvalue weighted by molar-refractivity contribution is 6.33. The minimum absolute atomic E-state index is 0.0653. The molecule has 2 aromatic carbocycles. The van der Waals surface area contributed by atoms with E-state index in [0.29, 0.717) is 17.5 Å². The molecule has 0 bridgehead atoms. The Kier molecular flexibility index (Phi) is 2.82. The molecule has 0 unspecified atom stereocenters. The second kappa shape index (κ2) is 4.41. The molecule has 0 amide bonds. The van der Waals surface area contributed by atoms with Gasteiger partial charge in [-0.05, 0) is 18.9 Å². The molecule has 1 aliphatic carbocycles. The lowest BCUT2D eigenvalue weighted by molar-refractivity contribution is 0.0789. The Balaban J connectivity index is 2.23. The highest BCUT2D eigenvalue weighted by Crippen LogP contribution is 2.42. The lowest BCUT2D eigenvalue weighted by atomic mass is 9.74. The van der Waals surface area contributed by atoms with Gasteiger partial charge >= 0.3 is 0 Å². The second-order valence-corrected chi connectivity index (χ2v) is 5.33. The van der Waals surface area contributed by atoms with Crippen LogP contribution in [0.15, 0.2) is 48.5 Å². The molecule has 0 aromatic heterocycles. The van der Waals surface area contributed by atoms with Crippen molar-refractivity contribution in [3.05, 3.63) is 70.8 Å². The maximum atomic E-state index is 12.8. The Hall–Kier alpha value is -2.22. The highest BCUT2D eigenvalue weighted by atomic mass is 16.2. The van der Waals surface area contributed by atoms with Crippen LogP contribution in [0.3, 0.4) is 0 Å². The summed E-state index contributed by atoms with van der Waals surface area (Å²) in [6.07, 6.45) is 0.488. The molecule has 1 aliphatic rings. The first-order valence-electron chi connectivity index (χ1n) is 6.87. The van der Waals surface area contributed by atoms with Crippen LogP contribution in [0, 0.1) is 6.92 Å². The average Bonchev–Trinajstić information content (AvgIpc) is 2.70. The van der Waals surface area contributed by atoms with E-state index in [1.54, 1.807) is 12.1 Å². The molecule has 2 nitrogen and oxygen atoms in total. The maximum absolute atomic E-state index is 12.8. The zero-order valence-electron chi connectivity index (χ0n) is 11.6. The number of benzene rings is 2. The van der Waals surface area contributed by atoms with Crippen molar-refractivity contribution in [3.8, 4) is 0 Å². The minimum atomic E-state index is -1.03. The number of fused-ring (bicyclic) bond motifs is 1. The number of ketones is 2. The third-order valence-electron chi connectivity index (χ3n) is 4.27. The Morgan fingerprint density at radius 1 is 0.850 bits per heavy atom. The van der Waals surface area contributed by atoms with Gasteiger partial charge in [-0.25, -0.2) is 0 Å². The van der Waals surface area contributed by atoms with Gasteiger partial charge in [0.05, 0.1) is 0 Å². The molecule has 0 saturated heterocycles. The van der Waals surface area contributed by atoms with Gasteiger partial charge in [0.2, 0.25) is 0 Å². The smallest absolute Gasteiger partial charge is 0.181 e. The van der Waals surface area contributed by atoms with Gasteiger partial charge in [-0.1, -0.05) is 61.0 Å². The first-order valence-corrected chi connectivity index (χ1v) is 6.87. The van der Waals surface area contributed by atoms with Crippen molar-refractivity contribution in [2.45, 2.75) is 25.7 Å². The molecular formula is C18H16O2. The number of Topliss-reactive ketones (excluding diaryl/α,β-unsaturated/α-hetero) is 2. The first kappa shape index (κ1) is 12.8. The van der Waals surface area contributed by atoms with Crippen LogP contribution in [0.25, 0.3) is 0 Å². The average molecular weight is 264 g/mol. The molecule has 0 heterocycles. The number of carbonyl (C=O) groups is 2. The van der Waals surface area contributed by atoms with Crippen molar-refractivity contribution in [2.75, 3.05) is 0 Å². The van der Waals surface area contributed by atoms with E-state index in [0.717, 1.165) is 11.1 Å². The molecule has 0 radical (unpaired) electrons. The van der Waals surface area contributed by atoms with E-state index in [9.17, 15) is 9.59 Å². The van der Waals surface area contributed by atoms with Crippen LogP contribution in [-0.4, -0.2) is 11.6 Å². The first-order chi connectivity index (χ1) is 9.61. The summed E-state index contributed by atoms with van der Waals surface area (Å²) in [6.45, 7) is 3.90. The van der Waals surface area contributed by atoms with E-state index in [-0.39, 0.29) is 11.6 Å². The number of hydrogen-bond acceptors (Lipinski definition) is 2. The van der Waals surface area contributed by atoms with Crippen LogP contribution in [0.2, 0.25) is 0 Å². The van der Waals surface area contributed by atoms with Gasteiger partial charge in [0, 0.05) is 11.1 Å². The van der Waals surface area contributed by atoms with E-state index in [1.165, 1.54) is 0 Å². The summed E-state index contributed by atoms with van der Waals surface area (Å²) in [5.41, 5.74) is 2.00. The standard InChI is InChI=1S/C18H16O2/c1-3-18(13-10-8-12(2)9-11-13)16(19)14-6-4-5-7-15(14)17(18)20/h4-11H,3H2,1-2H3. The summed E-state index contributed by atoms with van der Waals surface area (Å²) in [4.78, 5) is 25.6. The molecule has 0 fully saturated rings. The Morgan fingerprint density at radius 2 is 1.35 bits per heavy atom. The molecule has 20 heavy (non-hydrogen) atoms. The van der Waals surface area contributed by atoms with Gasteiger partial charge in [-0.3, -0.25) is 9.59 Å². The van der Waals surface area contributed by atoms with Crippen molar-refractivity contribution in [3.63, 3.8) is 0 Å². The predicted octanol–water partition coefficient (Wildman–Crippen LogP) is 3.72. The van der Waals surface area contributed by atoms with Crippen molar-refractivity contribution in [2.24, 2.45) is 0 Å². The third-order valence-corrected chi connectivity index (χ3v) is 4.27. The molecule has 0 N–H and O–H groups in total.